The molecular formula is C15H10F2N2O3. The van der Waals surface area contributed by atoms with Gasteiger partial charge in [0.2, 0.25) is 0 Å². The Labute approximate surface area is 123 Å². The van der Waals surface area contributed by atoms with Gasteiger partial charge < -0.3 is 9.15 Å². The van der Waals surface area contributed by atoms with Gasteiger partial charge in [-0.1, -0.05) is 35.4 Å². The molecule has 0 radical (unpaired) electrons. The Morgan fingerprint density at radius 1 is 1.14 bits per heavy atom. The summed E-state index contributed by atoms with van der Waals surface area (Å²) < 4.78 is 37.2. The van der Waals surface area contributed by atoms with Crippen molar-refractivity contribution in [2.24, 2.45) is 0 Å². The second-order valence-corrected chi connectivity index (χ2v) is 4.42. The van der Waals surface area contributed by atoms with E-state index in [2.05, 4.69) is 5.10 Å². The van der Waals surface area contributed by atoms with Crippen LogP contribution in [0, 0.1) is 11.6 Å². The molecule has 0 aliphatic heterocycles. The maximum absolute atomic E-state index is 13.7. The van der Waals surface area contributed by atoms with E-state index < -0.39 is 17.4 Å². The molecule has 7 heteroatoms. The zero-order valence-corrected chi connectivity index (χ0v) is 11.2. The van der Waals surface area contributed by atoms with Crippen LogP contribution < -0.4 is 10.5 Å². The second-order valence-electron chi connectivity index (χ2n) is 4.42. The number of hydrogen-bond donors (Lipinski definition) is 0. The van der Waals surface area contributed by atoms with Crippen LogP contribution in [0.25, 0.3) is 5.69 Å². The maximum atomic E-state index is 13.7. The summed E-state index contributed by atoms with van der Waals surface area (Å²) in [7, 11) is 0. The van der Waals surface area contributed by atoms with Crippen LogP contribution in [-0.2, 0) is 6.61 Å². The van der Waals surface area contributed by atoms with Crippen molar-refractivity contribution < 1.29 is 17.9 Å². The van der Waals surface area contributed by atoms with E-state index in [1.807, 2.05) is 30.3 Å². The number of nitrogens with zero attached hydrogens (tertiary/aromatic N) is 2. The molecule has 1 aromatic heterocycles. The lowest BCUT2D eigenvalue weighted by molar-refractivity contribution is 0.215. The predicted octanol–water partition coefficient (Wildman–Crippen LogP) is 2.68. The number of hydrogen-bond acceptors (Lipinski definition) is 4. The molecule has 0 aliphatic carbocycles. The fourth-order valence-electron chi connectivity index (χ4n) is 1.84. The van der Waals surface area contributed by atoms with Crippen LogP contribution in [0.15, 0.2) is 57.7 Å². The molecule has 2 aromatic carbocycles. The van der Waals surface area contributed by atoms with Gasteiger partial charge in [-0.05, 0) is 17.7 Å². The van der Waals surface area contributed by atoms with Crippen LogP contribution in [0.5, 0.6) is 6.08 Å². The Morgan fingerprint density at radius 2 is 1.91 bits per heavy atom. The Balaban J connectivity index is 1.83. The van der Waals surface area contributed by atoms with Gasteiger partial charge in [0.15, 0.2) is 5.82 Å². The maximum Gasteiger partial charge on any atom is 0.444 e. The third kappa shape index (κ3) is 2.88. The number of aromatic nitrogens is 2. The standard InChI is InChI=1S/C15H10F2N2O3/c16-11-6-7-13(12(17)8-11)19-15(20)22-14(18-19)21-9-10-4-2-1-3-5-10/h1-8H,9H2. The number of benzene rings is 2. The van der Waals surface area contributed by atoms with Crippen molar-refractivity contribution in [3.63, 3.8) is 0 Å². The lowest BCUT2D eigenvalue weighted by Crippen LogP contribution is -2.15. The van der Waals surface area contributed by atoms with Crippen molar-refractivity contribution in [3.05, 3.63) is 76.3 Å². The van der Waals surface area contributed by atoms with Gasteiger partial charge in [0.05, 0.1) is 0 Å². The first kappa shape index (κ1) is 14.0. The third-order valence-corrected chi connectivity index (χ3v) is 2.87. The molecule has 0 bridgehead atoms. The first-order valence-electron chi connectivity index (χ1n) is 6.36. The van der Waals surface area contributed by atoms with Crippen molar-refractivity contribution in [2.45, 2.75) is 6.61 Å². The van der Waals surface area contributed by atoms with Crippen LogP contribution in [0.2, 0.25) is 0 Å². The van der Waals surface area contributed by atoms with Gasteiger partial charge in [-0.3, -0.25) is 0 Å². The molecule has 0 saturated heterocycles. The summed E-state index contributed by atoms with van der Waals surface area (Å²) in [6.45, 7) is 0.146. The minimum atomic E-state index is -0.926. The lowest BCUT2D eigenvalue weighted by Gasteiger charge is -2.01. The predicted molar refractivity (Wildman–Crippen MR) is 72.8 cm³/mol. The number of rotatable bonds is 4. The summed E-state index contributed by atoms with van der Waals surface area (Å²) in [5.74, 6) is -2.60. The fraction of sp³-hybridized carbons (Fsp3) is 0.0667. The summed E-state index contributed by atoms with van der Waals surface area (Å²) in [6.07, 6.45) is -0.294. The van der Waals surface area contributed by atoms with E-state index >= 15 is 0 Å². The van der Waals surface area contributed by atoms with Crippen LogP contribution in [0.3, 0.4) is 0 Å². The SMILES string of the molecule is O=c1oc(OCc2ccccc2)nn1-c1ccc(F)cc1F. The molecule has 0 amide bonds. The van der Waals surface area contributed by atoms with E-state index in [-0.39, 0.29) is 18.4 Å². The Bertz CT molecular complexity index is 843. The van der Waals surface area contributed by atoms with Crippen molar-refractivity contribution in [1.29, 1.82) is 0 Å². The highest BCUT2D eigenvalue weighted by Gasteiger charge is 2.15. The van der Waals surface area contributed by atoms with Crippen molar-refractivity contribution >= 4 is 0 Å². The minimum absolute atomic E-state index is 0.146. The number of halogens is 2. The van der Waals surface area contributed by atoms with E-state index in [0.717, 1.165) is 17.7 Å². The van der Waals surface area contributed by atoms with E-state index in [1.54, 1.807) is 0 Å². The Hall–Kier alpha value is -2.96. The first-order chi connectivity index (χ1) is 10.6. The zero-order chi connectivity index (χ0) is 15.5. The van der Waals surface area contributed by atoms with Gasteiger partial charge in [0.25, 0.3) is 0 Å². The summed E-state index contributed by atoms with van der Waals surface area (Å²) in [5.41, 5.74) is 0.636. The van der Waals surface area contributed by atoms with Crippen LogP contribution >= 0.6 is 0 Å². The average Bonchev–Trinajstić information content (AvgIpc) is 2.87. The minimum Gasteiger partial charge on any atom is -0.444 e. The molecule has 0 unspecified atom stereocenters. The van der Waals surface area contributed by atoms with E-state index in [1.165, 1.54) is 0 Å². The van der Waals surface area contributed by atoms with E-state index in [0.29, 0.717) is 10.7 Å². The molecule has 0 N–H and O–H groups in total. The monoisotopic (exact) mass is 304 g/mol. The van der Waals surface area contributed by atoms with Crippen molar-refractivity contribution in [3.8, 4) is 11.8 Å². The number of ether oxygens (including phenoxy) is 1. The van der Waals surface area contributed by atoms with Crippen molar-refractivity contribution in [2.75, 3.05) is 0 Å². The van der Waals surface area contributed by atoms with Gasteiger partial charge in [-0.15, -0.1) is 0 Å². The summed E-state index contributed by atoms with van der Waals surface area (Å²) in [6, 6.07) is 11.9. The quantitative estimate of drug-likeness (QED) is 0.743. The Kier molecular flexibility index (Phi) is 3.69. The molecule has 1 heterocycles. The van der Waals surface area contributed by atoms with Gasteiger partial charge >= 0.3 is 11.8 Å². The highest BCUT2D eigenvalue weighted by molar-refractivity contribution is 5.32. The average molecular weight is 304 g/mol. The third-order valence-electron chi connectivity index (χ3n) is 2.87. The topological polar surface area (TPSA) is 57.3 Å². The molecule has 3 aromatic rings. The molecule has 0 aliphatic rings. The molecular weight excluding hydrogens is 294 g/mol. The Morgan fingerprint density at radius 3 is 2.64 bits per heavy atom. The first-order valence-corrected chi connectivity index (χ1v) is 6.36. The summed E-state index contributed by atoms with van der Waals surface area (Å²) in [5, 5.41) is 3.74. The van der Waals surface area contributed by atoms with Crippen LogP contribution in [0.1, 0.15) is 5.56 Å². The largest absolute Gasteiger partial charge is 0.444 e. The van der Waals surface area contributed by atoms with Crippen molar-refractivity contribution in [1.82, 2.24) is 9.78 Å². The summed E-state index contributed by atoms with van der Waals surface area (Å²) >= 11 is 0. The van der Waals surface area contributed by atoms with Crippen LogP contribution in [-0.4, -0.2) is 9.78 Å². The highest BCUT2D eigenvalue weighted by atomic mass is 19.1. The molecule has 0 saturated carbocycles. The molecule has 22 heavy (non-hydrogen) atoms. The molecule has 112 valence electrons. The van der Waals surface area contributed by atoms with Gasteiger partial charge in [-0.25, -0.2) is 13.6 Å². The van der Waals surface area contributed by atoms with E-state index in [4.69, 9.17) is 9.15 Å². The lowest BCUT2D eigenvalue weighted by atomic mass is 10.2. The van der Waals surface area contributed by atoms with Crippen LogP contribution in [0.4, 0.5) is 8.78 Å². The highest BCUT2D eigenvalue weighted by Crippen LogP contribution is 2.14. The second kappa shape index (κ2) is 5.80. The van der Waals surface area contributed by atoms with E-state index in [9.17, 15) is 13.6 Å². The van der Waals surface area contributed by atoms with Gasteiger partial charge in [0, 0.05) is 6.07 Å². The summed E-state index contributed by atoms with van der Waals surface area (Å²) in [4.78, 5) is 11.7. The zero-order valence-electron chi connectivity index (χ0n) is 11.2. The molecule has 3 rings (SSSR count). The van der Waals surface area contributed by atoms with Gasteiger partial charge in [0.1, 0.15) is 18.1 Å². The molecule has 0 fully saturated rings. The molecule has 0 spiro atoms. The fourth-order valence-corrected chi connectivity index (χ4v) is 1.84. The van der Waals surface area contributed by atoms with Gasteiger partial charge in [-0.2, -0.15) is 4.68 Å². The molecule has 0 atom stereocenters. The molecule has 5 nitrogen and oxygen atoms in total. The normalized spacial score (nSPS) is 10.6. The smallest absolute Gasteiger partial charge is 0.444 e.